The van der Waals surface area contributed by atoms with Crippen LogP contribution in [0.2, 0.25) is 0 Å². The lowest BCUT2D eigenvalue weighted by Crippen LogP contribution is -2.31. The summed E-state index contributed by atoms with van der Waals surface area (Å²) in [7, 11) is 0. The van der Waals surface area contributed by atoms with Crippen molar-refractivity contribution in [2.45, 2.75) is 25.9 Å². The molecule has 2 aromatic carbocycles. The molecule has 0 aromatic heterocycles. The molecule has 2 aromatic rings. The first kappa shape index (κ1) is 18.6. The molecule has 2 amide bonds. The minimum Gasteiger partial charge on any atom is -0.376 e. The molecule has 0 bridgehead atoms. The number of nitrogens with one attached hydrogen (secondary N) is 2. The van der Waals surface area contributed by atoms with Gasteiger partial charge in [0, 0.05) is 34.4 Å². The second-order valence-electron chi connectivity index (χ2n) is 6.34. The third-order valence-corrected chi connectivity index (χ3v) is 5.21. The molecule has 1 fully saturated rings. The van der Waals surface area contributed by atoms with E-state index in [1.165, 1.54) is 0 Å². The Morgan fingerprint density at radius 2 is 1.85 bits per heavy atom. The van der Waals surface area contributed by atoms with E-state index in [4.69, 9.17) is 4.74 Å². The first-order valence-corrected chi connectivity index (χ1v) is 9.39. The molecule has 1 saturated heterocycles. The first-order chi connectivity index (χ1) is 12.5. The van der Waals surface area contributed by atoms with E-state index in [1.807, 2.05) is 13.0 Å². The zero-order valence-corrected chi connectivity index (χ0v) is 16.1. The number of amides is 2. The molecular formula is C20H21BrN2O3. The van der Waals surface area contributed by atoms with Crippen LogP contribution in [-0.4, -0.2) is 31.1 Å². The standard InChI is InChI=1S/C20H21BrN2O3/c1-13-4-5-15(11-18(13)21)20(25)23-16-8-6-14(7-9-16)19(24)22-12-17-3-2-10-26-17/h4-9,11,17H,2-3,10,12H2,1H3,(H,22,24)(H,23,25)/t17-/m1/s1. The van der Waals surface area contributed by atoms with Gasteiger partial charge in [-0.05, 0) is 61.7 Å². The average Bonchev–Trinajstić information content (AvgIpc) is 3.16. The Labute approximate surface area is 161 Å². The highest BCUT2D eigenvalue weighted by Crippen LogP contribution is 2.19. The molecule has 5 nitrogen and oxygen atoms in total. The van der Waals surface area contributed by atoms with Crippen LogP contribution < -0.4 is 10.6 Å². The van der Waals surface area contributed by atoms with E-state index >= 15 is 0 Å². The Morgan fingerprint density at radius 1 is 1.12 bits per heavy atom. The van der Waals surface area contributed by atoms with Crippen LogP contribution in [0.5, 0.6) is 0 Å². The number of benzene rings is 2. The van der Waals surface area contributed by atoms with Crippen LogP contribution >= 0.6 is 15.9 Å². The number of carbonyl (C=O) groups excluding carboxylic acids is 2. The van der Waals surface area contributed by atoms with E-state index in [0.29, 0.717) is 23.4 Å². The van der Waals surface area contributed by atoms with E-state index in [-0.39, 0.29) is 17.9 Å². The van der Waals surface area contributed by atoms with E-state index < -0.39 is 0 Å². The van der Waals surface area contributed by atoms with Gasteiger partial charge in [0.25, 0.3) is 11.8 Å². The minimum absolute atomic E-state index is 0.117. The van der Waals surface area contributed by atoms with Gasteiger partial charge in [0.15, 0.2) is 0 Å². The fourth-order valence-corrected chi connectivity index (χ4v) is 3.14. The van der Waals surface area contributed by atoms with Crippen molar-refractivity contribution in [2.75, 3.05) is 18.5 Å². The van der Waals surface area contributed by atoms with E-state index in [0.717, 1.165) is 29.5 Å². The summed E-state index contributed by atoms with van der Waals surface area (Å²) < 4.78 is 6.39. The summed E-state index contributed by atoms with van der Waals surface area (Å²) in [6, 6.07) is 12.3. The van der Waals surface area contributed by atoms with Gasteiger partial charge in [-0.3, -0.25) is 9.59 Å². The molecule has 1 atom stereocenters. The van der Waals surface area contributed by atoms with Crippen LogP contribution in [-0.2, 0) is 4.74 Å². The predicted molar refractivity (Wildman–Crippen MR) is 105 cm³/mol. The molecule has 0 aliphatic carbocycles. The third kappa shape index (κ3) is 4.71. The molecule has 1 heterocycles. The number of ether oxygens (including phenoxy) is 1. The van der Waals surface area contributed by atoms with Crippen molar-refractivity contribution in [3.8, 4) is 0 Å². The lowest BCUT2D eigenvalue weighted by atomic mass is 10.1. The second kappa shape index (κ2) is 8.47. The summed E-state index contributed by atoms with van der Waals surface area (Å²) >= 11 is 3.43. The van der Waals surface area contributed by atoms with Gasteiger partial charge in [0.2, 0.25) is 0 Å². The lowest BCUT2D eigenvalue weighted by Gasteiger charge is -2.11. The van der Waals surface area contributed by atoms with Crippen LogP contribution in [0.15, 0.2) is 46.9 Å². The number of anilines is 1. The smallest absolute Gasteiger partial charge is 0.255 e. The van der Waals surface area contributed by atoms with Gasteiger partial charge in [-0.2, -0.15) is 0 Å². The Bertz CT molecular complexity index is 799. The summed E-state index contributed by atoms with van der Waals surface area (Å²) in [5.74, 6) is -0.331. The zero-order chi connectivity index (χ0) is 18.5. The SMILES string of the molecule is Cc1ccc(C(=O)Nc2ccc(C(=O)NC[C@H]3CCCO3)cc2)cc1Br. The molecule has 2 N–H and O–H groups in total. The number of hydrogen-bond donors (Lipinski definition) is 2. The summed E-state index contributed by atoms with van der Waals surface area (Å²) in [5.41, 5.74) is 2.84. The molecule has 0 saturated carbocycles. The highest BCUT2D eigenvalue weighted by molar-refractivity contribution is 9.10. The van der Waals surface area contributed by atoms with Gasteiger partial charge in [-0.15, -0.1) is 0 Å². The molecule has 6 heteroatoms. The van der Waals surface area contributed by atoms with Crippen LogP contribution in [0.3, 0.4) is 0 Å². The fourth-order valence-electron chi connectivity index (χ4n) is 2.76. The van der Waals surface area contributed by atoms with E-state index in [9.17, 15) is 9.59 Å². The molecule has 1 aliphatic rings. The van der Waals surface area contributed by atoms with Crippen molar-refractivity contribution >= 4 is 33.4 Å². The maximum absolute atomic E-state index is 12.3. The number of carbonyl (C=O) groups is 2. The van der Waals surface area contributed by atoms with Gasteiger partial charge in [0.1, 0.15) is 0 Å². The Hall–Kier alpha value is -2.18. The molecule has 0 unspecified atom stereocenters. The van der Waals surface area contributed by atoms with Gasteiger partial charge >= 0.3 is 0 Å². The van der Waals surface area contributed by atoms with E-state index in [1.54, 1.807) is 36.4 Å². The normalized spacial score (nSPS) is 16.3. The van der Waals surface area contributed by atoms with Crippen molar-refractivity contribution in [1.82, 2.24) is 5.32 Å². The molecule has 3 rings (SSSR count). The summed E-state index contributed by atoms with van der Waals surface area (Å²) in [6.07, 6.45) is 2.15. The van der Waals surface area contributed by atoms with Crippen molar-refractivity contribution < 1.29 is 14.3 Å². The van der Waals surface area contributed by atoms with Crippen molar-refractivity contribution in [2.24, 2.45) is 0 Å². The van der Waals surface area contributed by atoms with Crippen molar-refractivity contribution in [3.05, 3.63) is 63.6 Å². The third-order valence-electron chi connectivity index (χ3n) is 4.35. The molecule has 26 heavy (non-hydrogen) atoms. The number of hydrogen-bond acceptors (Lipinski definition) is 3. The molecule has 136 valence electrons. The van der Waals surface area contributed by atoms with Crippen LogP contribution in [0.4, 0.5) is 5.69 Å². The zero-order valence-electron chi connectivity index (χ0n) is 14.5. The topological polar surface area (TPSA) is 67.4 Å². The maximum Gasteiger partial charge on any atom is 0.255 e. The monoisotopic (exact) mass is 416 g/mol. The lowest BCUT2D eigenvalue weighted by molar-refractivity contribution is 0.0857. The first-order valence-electron chi connectivity index (χ1n) is 8.60. The molecular weight excluding hydrogens is 396 g/mol. The Morgan fingerprint density at radius 3 is 2.50 bits per heavy atom. The van der Waals surface area contributed by atoms with Gasteiger partial charge < -0.3 is 15.4 Å². The van der Waals surface area contributed by atoms with Gasteiger partial charge in [0.05, 0.1) is 6.10 Å². The summed E-state index contributed by atoms with van der Waals surface area (Å²) in [4.78, 5) is 24.5. The van der Waals surface area contributed by atoms with Crippen molar-refractivity contribution in [3.63, 3.8) is 0 Å². The Kier molecular flexibility index (Phi) is 6.06. The van der Waals surface area contributed by atoms with Crippen LogP contribution in [0.25, 0.3) is 0 Å². The highest BCUT2D eigenvalue weighted by Gasteiger charge is 2.16. The summed E-state index contributed by atoms with van der Waals surface area (Å²) in [6.45, 7) is 3.26. The quantitative estimate of drug-likeness (QED) is 0.775. The average molecular weight is 417 g/mol. The maximum atomic E-state index is 12.3. The number of halogens is 1. The van der Waals surface area contributed by atoms with Crippen LogP contribution in [0.1, 0.15) is 39.1 Å². The number of aryl methyl sites for hydroxylation is 1. The van der Waals surface area contributed by atoms with Gasteiger partial charge in [-0.1, -0.05) is 22.0 Å². The largest absolute Gasteiger partial charge is 0.376 e. The molecule has 0 spiro atoms. The summed E-state index contributed by atoms with van der Waals surface area (Å²) in [5, 5.41) is 5.72. The minimum atomic E-state index is -0.193. The Balaban J connectivity index is 1.57. The van der Waals surface area contributed by atoms with Crippen LogP contribution in [0, 0.1) is 6.92 Å². The molecule has 1 aliphatic heterocycles. The van der Waals surface area contributed by atoms with Gasteiger partial charge in [-0.25, -0.2) is 0 Å². The second-order valence-corrected chi connectivity index (χ2v) is 7.19. The van der Waals surface area contributed by atoms with E-state index in [2.05, 4.69) is 26.6 Å². The number of rotatable bonds is 5. The molecule has 0 radical (unpaired) electrons. The van der Waals surface area contributed by atoms with Crippen molar-refractivity contribution in [1.29, 1.82) is 0 Å². The predicted octanol–water partition coefficient (Wildman–Crippen LogP) is 3.92. The fraction of sp³-hybridized carbons (Fsp3) is 0.300. The highest BCUT2D eigenvalue weighted by atomic mass is 79.9.